The lowest BCUT2D eigenvalue weighted by molar-refractivity contribution is -0.870. The molecule has 0 heterocycles. The smallest absolute Gasteiger partial charge is 0.235 e. The molecule has 0 radical (unpaired) electrons. The van der Waals surface area contributed by atoms with Crippen molar-refractivity contribution in [3.63, 3.8) is 0 Å². The van der Waals surface area contributed by atoms with Crippen LogP contribution >= 0.6 is 0 Å². The molecule has 0 aromatic carbocycles. The minimum absolute atomic E-state index is 0. The van der Waals surface area contributed by atoms with E-state index in [1.54, 1.807) is 0 Å². The normalized spacial score (nSPS) is 12.1. The van der Waals surface area contributed by atoms with Crippen molar-refractivity contribution in [3.05, 3.63) is 12.2 Å². The van der Waals surface area contributed by atoms with E-state index in [0.717, 1.165) is 36.7 Å². The van der Waals surface area contributed by atoms with Crippen LogP contribution in [0.2, 0.25) is 0 Å². The summed E-state index contributed by atoms with van der Waals surface area (Å²) in [6, 6.07) is 0. The molecule has 186 valence electrons. The molecule has 0 aromatic rings. The maximum absolute atomic E-state index is 11.9. The van der Waals surface area contributed by atoms with Gasteiger partial charge in [-0.2, -0.15) is 0 Å². The molecule has 0 aliphatic heterocycles. The number of quaternary nitrogens is 1. The Labute approximate surface area is 210 Å². The molecule has 1 amide bonds. The van der Waals surface area contributed by atoms with Gasteiger partial charge in [0.1, 0.15) is 0 Å². The molecule has 0 aromatic heterocycles. The number of carbonyl (C=O) groups excluding carboxylic acids is 1. The molecule has 0 unspecified atom stereocenters. The third kappa shape index (κ3) is 26.0. The van der Waals surface area contributed by atoms with Crippen LogP contribution in [-0.2, 0) is 14.8 Å². The van der Waals surface area contributed by atoms with Crippen LogP contribution < -0.4 is 28.7 Å². The minimum Gasteiger partial charge on any atom is -1.00 e. The van der Waals surface area contributed by atoms with Gasteiger partial charge in [-0.05, 0) is 32.1 Å². The van der Waals surface area contributed by atoms with E-state index in [0.29, 0.717) is 12.8 Å². The van der Waals surface area contributed by atoms with Crippen LogP contribution in [0.5, 0.6) is 0 Å². The molecule has 0 bridgehead atoms. The van der Waals surface area contributed by atoms with Crippen LogP contribution in [0.25, 0.3) is 0 Å². The molecule has 0 rings (SSSR count). The summed E-state index contributed by atoms with van der Waals surface area (Å²) in [5, 5.41) is 0. The van der Waals surface area contributed by atoms with E-state index < -0.39 is 10.0 Å². The Hall–Kier alpha value is -0.150. The number of carbonyl (C=O) groups is 1. The standard InChI is InChI=1S/C24H48N2O3S.HI/c1-5-6-7-8-9-10-11-12-13-14-15-16-17-18-19-21-24(27)25-30(28,29)23-20-22-26(2,3)4;/h12-13H,5-11,14-23H2,1-4H3;1H/b13-12-;. The lowest BCUT2D eigenvalue weighted by Crippen LogP contribution is -3.00. The van der Waals surface area contributed by atoms with Crippen LogP contribution in [-0.4, -0.2) is 52.2 Å². The van der Waals surface area contributed by atoms with Crippen molar-refractivity contribution >= 4 is 15.9 Å². The summed E-state index contributed by atoms with van der Waals surface area (Å²) in [5.41, 5.74) is 0. The fourth-order valence-electron chi connectivity index (χ4n) is 3.36. The summed E-state index contributed by atoms with van der Waals surface area (Å²) in [4.78, 5) is 11.8. The number of halogens is 1. The Morgan fingerprint density at radius 3 is 1.77 bits per heavy atom. The number of nitrogens with one attached hydrogen (secondary N) is 1. The summed E-state index contributed by atoms with van der Waals surface area (Å²) >= 11 is 0. The zero-order valence-electron chi connectivity index (χ0n) is 20.6. The van der Waals surface area contributed by atoms with Crippen LogP contribution in [0.3, 0.4) is 0 Å². The van der Waals surface area contributed by atoms with Crippen LogP contribution in [0.15, 0.2) is 12.2 Å². The van der Waals surface area contributed by atoms with Crippen LogP contribution in [0.1, 0.15) is 103 Å². The molecule has 0 spiro atoms. The molecule has 0 aliphatic rings. The minimum atomic E-state index is -3.49. The monoisotopic (exact) mass is 572 g/mol. The van der Waals surface area contributed by atoms with Gasteiger partial charge < -0.3 is 28.5 Å². The number of rotatable bonds is 20. The van der Waals surface area contributed by atoms with E-state index in [1.165, 1.54) is 57.8 Å². The number of allylic oxidation sites excluding steroid dienone is 2. The molecule has 1 N–H and O–H groups in total. The number of unbranched alkanes of at least 4 members (excludes halogenated alkanes) is 11. The average molecular weight is 573 g/mol. The molecule has 5 nitrogen and oxygen atoms in total. The predicted molar refractivity (Wildman–Crippen MR) is 129 cm³/mol. The topological polar surface area (TPSA) is 63.2 Å². The van der Waals surface area contributed by atoms with Crippen molar-refractivity contribution in [2.75, 3.05) is 33.4 Å². The van der Waals surface area contributed by atoms with Gasteiger partial charge in [-0.3, -0.25) is 9.52 Å². The second-order valence-electron chi connectivity index (χ2n) is 9.55. The Bertz CT molecular complexity index is 558. The maximum atomic E-state index is 11.9. The van der Waals surface area contributed by atoms with Gasteiger partial charge in [-0.25, -0.2) is 8.42 Å². The molecule has 0 atom stereocenters. The van der Waals surface area contributed by atoms with E-state index in [-0.39, 0.29) is 35.6 Å². The third-order valence-electron chi connectivity index (χ3n) is 5.18. The highest BCUT2D eigenvalue weighted by Crippen LogP contribution is 2.10. The first-order valence-electron chi connectivity index (χ1n) is 12.1. The second-order valence-corrected chi connectivity index (χ2v) is 11.4. The molecule has 0 saturated heterocycles. The SMILES string of the molecule is CCCCCCCC/C=C\CCCCCCCC(=O)NS(=O)(=O)CCC[N+](C)(C)C.[I-]. The van der Waals surface area contributed by atoms with Gasteiger partial charge in [-0.1, -0.05) is 70.4 Å². The summed E-state index contributed by atoms with van der Waals surface area (Å²) in [6.07, 6.45) is 21.2. The fourth-order valence-corrected chi connectivity index (χ4v) is 4.42. The van der Waals surface area contributed by atoms with Crippen molar-refractivity contribution in [3.8, 4) is 0 Å². The van der Waals surface area contributed by atoms with E-state index in [2.05, 4.69) is 23.8 Å². The Morgan fingerprint density at radius 2 is 1.26 bits per heavy atom. The molecular formula is C24H49IN2O3S. The van der Waals surface area contributed by atoms with E-state index in [4.69, 9.17) is 0 Å². The molecule has 7 heteroatoms. The third-order valence-corrected chi connectivity index (χ3v) is 6.54. The first kappa shape index (κ1) is 33.0. The van der Waals surface area contributed by atoms with Crippen molar-refractivity contribution in [2.24, 2.45) is 0 Å². The highest BCUT2D eigenvalue weighted by atomic mass is 127. The maximum Gasteiger partial charge on any atom is 0.235 e. The van der Waals surface area contributed by atoms with E-state index in [1.807, 2.05) is 21.1 Å². The van der Waals surface area contributed by atoms with E-state index >= 15 is 0 Å². The van der Waals surface area contributed by atoms with Gasteiger partial charge in [0, 0.05) is 12.8 Å². The second kappa shape index (κ2) is 20.5. The largest absolute Gasteiger partial charge is 1.00 e. The van der Waals surface area contributed by atoms with Gasteiger partial charge in [0.15, 0.2) is 0 Å². The van der Waals surface area contributed by atoms with Gasteiger partial charge in [0.05, 0.1) is 33.4 Å². The summed E-state index contributed by atoms with van der Waals surface area (Å²) in [5.74, 6) is -0.349. The number of amides is 1. The first-order valence-corrected chi connectivity index (χ1v) is 13.8. The number of nitrogens with zero attached hydrogens (tertiary/aromatic N) is 1. The Kier molecular flexibility index (Phi) is 21.8. The van der Waals surface area contributed by atoms with Crippen molar-refractivity contribution in [2.45, 2.75) is 103 Å². The molecule has 31 heavy (non-hydrogen) atoms. The summed E-state index contributed by atoms with van der Waals surface area (Å²) in [7, 11) is 2.59. The lowest BCUT2D eigenvalue weighted by atomic mass is 10.1. The first-order chi connectivity index (χ1) is 14.2. The number of sulfonamides is 1. The Morgan fingerprint density at radius 1 is 0.774 bits per heavy atom. The molecule has 0 aliphatic carbocycles. The fraction of sp³-hybridized carbons (Fsp3) is 0.875. The van der Waals surface area contributed by atoms with Crippen molar-refractivity contribution < 1.29 is 41.7 Å². The van der Waals surface area contributed by atoms with Gasteiger partial charge >= 0.3 is 0 Å². The molecule has 0 saturated carbocycles. The van der Waals surface area contributed by atoms with Crippen LogP contribution in [0.4, 0.5) is 0 Å². The highest BCUT2D eigenvalue weighted by molar-refractivity contribution is 7.90. The zero-order chi connectivity index (χ0) is 22.7. The van der Waals surface area contributed by atoms with Gasteiger partial charge in [-0.15, -0.1) is 0 Å². The quantitative estimate of drug-likeness (QED) is 0.106. The summed E-state index contributed by atoms with van der Waals surface area (Å²) in [6.45, 7) is 3.02. The van der Waals surface area contributed by atoms with Gasteiger partial charge in [0.2, 0.25) is 15.9 Å². The number of hydrogen-bond acceptors (Lipinski definition) is 3. The van der Waals surface area contributed by atoms with Gasteiger partial charge in [0.25, 0.3) is 0 Å². The average Bonchev–Trinajstić information content (AvgIpc) is 2.63. The highest BCUT2D eigenvalue weighted by Gasteiger charge is 2.16. The predicted octanol–water partition coefficient (Wildman–Crippen LogP) is 2.57. The molecule has 0 fully saturated rings. The van der Waals surface area contributed by atoms with Crippen molar-refractivity contribution in [1.82, 2.24) is 4.72 Å². The lowest BCUT2D eigenvalue weighted by Gasteiger charge is -2.23. The van der Waals surface area contributed by atoms with Crippen molar-refractivity contribution in [1.29, 1.82) is 0 Å². The zero-order valence-corrected chi connectivity index (χ0v) is 23.6. The summed E-state index contributed by atoms with van der Waals surface area (Å²) < 4.78 is 26.8. The van der Waals surface area contributed by atoms with Crippen LogP contribution in [0, 0.1) is 0 Å². The van der Waals surface area contributed by atoms with E-state index in [9.17, 15) is 13.2 Å². The number of hydrogen-bond donors (Lipinski definition) is 1. The molecular weight excluding hydrogens is 523 g/mol. The Balaban J connectivity index is 0.